The van der Waals surface area contributed by atoms with E-state index in [1.165, 1.54) is 23.8 Å². The van der Waals surface area contributed by atoms with Crippen LogP contribution in [0.4, 0.5) is 0 Å². The summed E-state index contributed by atoms with van der Waals surface area (Å²) in [5, 5.41) is 0. The molecule has 0 saturated carbocycles. The predicted molar refractivity (Wildman–Crippen MR) is 198 cm³/mol. The number of carbonyl (C=O) groups is 1. The van der Waals surface area contributed by atoms with Gasteiger partial charge in [-0.25, -0.2) is 4.79 Å². The third-order valence-corrected chi connectivity index (χ3v) is 9.35. The van der Waals surface area contributed by atoms with Crippen molar-refractivity contribution in [1.82, 2.24) is 0 Å². The molecule has 4 aromatic carbocycles. The van der Waals surface area contributed by atoms with Crippen LogP contribution in [0.15, 0.2) is 84.9 Å². The molecule has 1 aliphatic rings. The molecule has 1 aliphatic heterocycles. The number of ether oxygens (including phenoxy) is 6. The largest absolute Gasteiger partial charge is 0.493 e. The first-order chi connectivity index (χ1) is 24.0. The number of likely N-dealkylation sites (N-methyl/N-ethyl adjacent to an activating group) is 1. The van der Waals surface area contributed by atoms with Gasteiger partial charge in [-0.15, -0.1) is 0 Å². The Morgan fingerprint density at radius 1 is 0.700 bits per heavy atom. The van der Waals surface area contributed by atoms with E-state index in [0.717, 1.165) is 41.4 Å². The lowest BCUT2D eigenvalue weighted by Gasteiger charge is -2.18. The average Bonchev–Trinajstić information content (AvgIpc) is 3.41. The summed E-state index contributed by atoms with van der Waals surface area (Å²) in [4.78, 5) is 12.1. The summed E-state index contributed by atoms with van der Waals surface area (Å²) >= 11 is 0. The monoisotopic (exact) mass is 682 g/mol. The Bertz CT molecular complexity index is 1770. The van der Waals surface area contributed by atoms with E-state index in [0.29, 0.717) is 29.6 Å². The van der Waals surface area contributed by atoms with Crippen molar-refractivity contribution in [3.63, 3.8) is 0 Å². The second kappa shape index (κ2) is 17.1. The summed E-state index contributed by atoms with van der Waals surface area (Å²) in [5.74, 6) is 3.55. The molecule has 0 N–H and O–H groups in total. The molecule has 1 heterocycles. The minimum atomic E-state index is -0.374. The third-order valence-electron chi connectivity index (χ3n) is 9.35. The zero-order chi connectivity index (χ0) is 36.4. The van der Waals surface area contributed by atoms with Crippen molar-refractivity contribution in [3.8, 4) is 23.0 Å². The summed E-state index contributed by atoms with van der Waals surface area (Å²) in [6.45, 7) is 9.38. The molecule has 0 aromatic heterocycles. The van der Waals surface area contributed by atoms with Crippen LogP contribution in [0.2, 0.25) is 0 Å². The van der Waals surface area contributed by atoms with Gasteiger partial charge in [-0.2, -0.15) is 4.58 Å². The van der Waals surface area contributed by atoms with Gasteiger partial charge in [0.2, 0.25) is 0 Å². The number of nitrogens with zero attached hydrogens (tertiary/aromatic N) is 1. The van der Waals surface area contributed by atoms with Gasteiger partial charge in [0.25, 0.3) is 0 Å². The molecule has 2 unspecified atom stereocenters. The van der Waals surface area contributed by atoms with E-state index >= 15 is 0 Å². The molecule has 5 rings (SSSR count). The van der Waals surface area contributed by atoms with Crippen LogP contribution in [0.25, 0.3) is 0 Å². The molecular weight excluding hydrogens is 630 g/mol. The normalized spacial score (nSPS) is 14.4. The Balaban J connectivity index is 0.000000228. The summed E-state index contributed by atoms with van der Waals surface area (Å²) in [6, 6.07) is 28.4. The summed E-state index contributed by atoms with van der Waals surface area (Å²) in [5.41, 5.74) is 6.16. The lowest BCUT2D eigenvalue weighted by atomic mass is 9.89. The second-order valence-corrected chi connectivity index (χ2v) is 13.2. The van der Waals surface area contributed by atoms with Crippen molar-refractivity contribution in [3.05, 3.63) is 118 Å². The van der Waals surface area contributed by atoms with Crippen LogP contribution in [-0.4, -0.2) is 71.2 Å². The average molecular weight is 683 g/mol. The van der Waals surface area contributed by atoms with Crippen LogP contribution in [0.1, 0.15) is 77.7 Å². The standard InChI is InChI=1S/C23H30NO3.C19H22O4/c1-16(12-17-10-8-7-9-11-17)18-13-20(25-5)21(26-6)14-19(18)22-24(4)23(2,3)15-27-22;1-13(10-14-8-6-5-7-9-14)15-11-17(21-2)18(22-3)12-16(15)19(20)23-4/h7-11,13-14,16H,12,15H2,1-6H3;5-9,11-13H,10H2,1-4H3/q+1;. The number of rotatable bonds is 12. The van der Waals surface area contributed by atoms with E-state index in [9.17, 15) is 4.79 Å². The number of hydrogen-bond donors (Lipinski definition) is 0. The Morgan fingerprint density at radius 2 is 1.14 bits per heavy atom. The molecule has 8 nitrogen and oxygen atoms in total. The maximum Gasteiger partial charge on any atom is 0.370 e. The van der Waals surface area contributed by atoms with Gasteiger partial charge in [-0.3, -0.25) is 0 Å². The van der Waals surface area contributed by atoms with Crippen molar-refractivity contribution in [2.45, 2.75) is 57.9 Å². The van der Waals surface area contributed by atoms with Crippen LogP contribution in [0.5, 0.6) is 23.0 Å². The van der Waals surface area contributed by atoms with Gasteiger partial charge in [0.15, 0.2) is 35.1 Å². The molecule has 266 valence electrons. The Kier molecular flexibility index (Phi) is 12.9. The lowest BCUT2D eigenvalue weighted by Crippen LogP contribution is -2.33. The molecule has 4 aromatic rings. The molecule has 0 spiro atoms. The van der Waals surface area contributed by atoms with Crippen molar-refractivity contribution >= 4 is 11.9 Å². The summed E-state index contributed by atoms with van der Waals surface area (Å²) in [7, 11) is 9.95. The Labute approximate surface area is 297 Å². The van der Waals surface area contributed by atoms with Crippen molar-refractivity contribution in [1.29, 1.82) is 0 Å². The van der Waals surface area contributed by atoms with Gasteiger partial charge < -0.3 is 28.4 Å². The van der Waals surface area contributed by atoms with Gasteiger partial charge in [-0.05, 0) is 65.1 Å². The molecule has 0 amide bonds. The molecule has 50 heavy (non-hydrogen) atoms. The fourth-order valence-corrected chi connectivity index (χ4v) is 6.20. The summed E-state index contributed by atoms with van der Waals surface area (Å²) < 4.78 is 35.1. The highest BCUT2D eigenvalue weighted by molar-refractivity contribution is 5.94. The van der Waals surface area contributed by atoms with E-state index < -0.39 is 0 Å². The van der Waals surface area contributed by atoms with Gasteiger partial charge in [0.1, 0.15) is 7.05 Å². The van der Waals surface area contributed by atoms with E-state index in [1.807, 2.05) is 30.3 Å². The number of esters is 1. The minimum Gasteiger partial charge on any atom is -0.493 e. The highest BCUT2D eigenvalue weighted by Crippen LogP contribution is 2.37. The molecule has 0 fully saturated rings. The second-order valence-electron chi connectivity index (χ2n) is 13.2. The lowest BCUT2D eigenvalue weighted by molar-refractivity contribution is -0.562. The number of hydrogen-bond acceptors (Lipinski definition) is 7. The minimum absolute atomic E-state index is 0.0393. The molecule has 8 heteroatoms. The van der Waals surface area contributed by atoms with Gasteiger partial charge >= 0.3 is 11.9 Å². The fourth-order valence-electron chi connectivity index (χ4n) is 6.20. The zero-order valence-corrected chi connectivity index (χ0v) is 31.2. The fraction of sp³-hybridized carbons (Fsp3) is 0.381. The molecule has 0 radical (unpaired) electrons. The van der Waals surface area contributed by atoms with Gasteiger partial charge in [-0.1, -0.05) is 74.5 Å². The van der Waals surface area contributed by atoms with Crippen molar-refractivity contribution < 1.29 is 37.8 Å². The van der Waals surface area contributed by atoms with Crippen molar-refractivity contribution in [2.24, 2.45) is 0 Å². The van der Waals surface area contributed by atoms with Crippen molar-refractivity contribution in [2.75, 3.05) is 49.2 Å². The van der Waals surface area contributed by atoms with E-state index in [-0.39, 0.29) is 17.4 Å². The van der Waals surface area contributed by atoms with Crippen LogP contribution in [-0.2, 0) is 22.3 Å². The first-order valence-electron chi connectivity index (χ1n) is 16.9. The topological polar surface area (TPSA) is 75.5 Å². The SMILES string of the molecule is COC(=O)c1cc(OC)c(OC)cc1C(C)Cc1ccccc1.COc1cc(C2=[N+](C)C(C)(C)CO2)c(C(C)Cc2ccccc2)cc1OC. The highest BCUT2D eigenvalue weighted by atomic mass is 16.5. The molecular formula is C42H52NO7+. The molecule has 0 bridgehead atoms. The summed E-state index contributed by atoms with van der Waals surface area (Å²) in [6.07, 6.45) is 1.77. The predicted octanol–water partition coefficient (Wildman–Crippen LogP) is 8.08. The molecule has 0 aliphatic carbocycles. The highest BCUT2D eigenvalue weighted by Gasteiger charge is 2.41. The van der Waals surface area contributed by atoms with Crippen LogP contribution in [0.3, 0.4) is 0 Å². The first-order valence-corrected chi connectivity index (χ1v) is 16.9. The van der Waals surface area contributed by atoms with Crippen LogP contribution in [0, 0.1) is 0 Å². The quantitative estimate of drug-likeness (QED) is 0.111. The number of carbonyl (C=O) groups excluding carboxylic acids is 1. The van der Waals surface area contributed by atoms with E-state index in [2.05, 4.69) is 87.8 Å². The first kappa shape index (κ1) is 37.8. The maximum absolute atomic E-state index is 12.1. The van der Waals surface area contributed by atoms with Gasteiger partial charge in [0, 0.05) is 19.9 Å². The van der Waals surface area contributed by atoms with E-state index in [1.54, 1.807) is 34.5 Å². The zero-order valence-electron chi connectivity index (χ0n) is 31.2. The molecule has 2 atom stereocenters. The molecule has 0 saturated heterocycles. The maximum atomic E-state index is 12.1. The Hall–Kier alpha value is -4.98. The van der Waals surface area contributed by atoms with E-state index in [4.69, 9.17) is 28.4 Å². The third kappa shape index (κ3) is 8.78. The van der Waals surface area contributed by atoms with Crippen LogP contribution >= 0.6 is 0 Å². The smallest absolute Gasteiger partial charge is 0.370 e. The number of methoxy groups -OCH3 is 5. The Morgan fingerprint density at radius 3 is 1.58 bits per heavy atom. The number of benzene rings is 4. The van der Waals surface area contributed by atoms with Gasteiger partial charge in [0.05, 0.1) is 46.7 Å². The van der Waals surface area contributed by atoms with Crippen LogP contribution < -0.4 is 18.9 Å².